The molecule has 4 rings (SSSR count). The fraction of sp³-hybridized carbons (Fsp3) is 0.192. The number of nitrogens with zero attached hydrogens (tertiary/aromatic N) is 1. The highest BCUT2D eigenvalue weighted by molar-refractivity contribution is 7.90. The molecular formula is C26H25FN2O3S. The third-order valence-electron chi connectivity index (χ3n) is 5.51. The second-order valence-corrected chi connectivity index (χ2v) is 9.89. The monoisotopic (exact) mass is 464 g/mol. The second kappa shape index (κ2) is 10.0. The third kappa shape index (κ3) is 5.49. The van der Waals surface area contributed by atoms with Crippen LogP contribution in [-0.4, -0.2) is 25.4 Å². The van der Waals surface area contributed by atoms with Gasteiger partial charge >= 0.3 is 0 Å². The molecule has 7 heteroatoms. The van der Waals surface area contributed by atoms with Gasteiger partial charge in [0, 0.05) is 29.2 Å². The van der Waals surface area contributed by atoms with E-state index in [-0.39, 0.29) is 22.9 Å². The molecule has 3 aromatic carbocycles. The number of carbonyl (C=O) groups is 1. The van der Waals surface area contributed by atoms with Crippen LogP contribution in [0.4, 0.5) is 4.39 Å². The lowest BCUT2D eigenvalue weighted by atomic mass is 10.1. The van der Waals surface area contributed by atoms with Crippen molar-refractivity contribution in [3.8, 4) is 0 Å². The first-order chi connectivity index (χ1) is 15.9. The van der Waals surface area contributed by atoms with Gasteiger partial charge in [0.15, 0.2) is 9.84 Å². The number of para-hydroxylation sites is 1. The molecule has 33 heavy (non-hydrogen) atoms. The van der Waals surface area contributed by atoms with E-state index >= 15 is 0 Å². The van der Waals surface area contributed by atoms with Crippen molar-refractivity contribution < 1.29 is 17.6 Å². The van der Waals surface area contributed by atoms with Gasteiger partial charge in [0.05, 0.1) is 10.6 Å². The quantitative estimate of drug-likeness (QED) is 0.371. The van der Waals surface area contributed by atoms with Crippen molar-refractivity contribution in [3.05, 3.63) is 102 Å². The van der Waals surface area contributed by atoms with Crippen molar-refractivity contribution >= 4 is 26.6 Å². The molecule has 1 N–H and O–H groups in total. The first-order valence-corrected chi connectivity index (χ1v) is 12.4. The highest BCUT2D eigenvalue weighted by Gasteiger charge is 2.23. The van der Waals surface area contributed by atoms with Crippen LogP contribution < -0.4 is 5.32 Å². The summed E-state index contributed by atoms with van der Waals surface area (Å²) in [5.41, 5.74) is 1.97. The molecule has 0 unspecified atom stereocenters. The number of sulfone groups is 1. The molecule has 5 nitrogen and oxygen atoms in total. The van der Waals surface area contributed by atoms with Gasteiger partial charge in [-0.1, -0.05) is 66.7 Å². The summed E-state index contributed by atoms with van der Waals surface area (Å²) >= 11 is 0. The predicted octanol–water partition coefficient (Wildman–Crippen LogP) is 4.50. The van der Waals surface area contributed by atoms with Gasteiger partial charge in [-0.3, -0.25) is 4.79 Å². The second-order valence-electron chi connectivity index (χ2n) is 7.93. The Morgan fingerprint density at radius 1 is 0.909 bits per heavy atom. The minimum atomic E-state index is -3.82. The summed E-state index contributed by atoms with van der Waals surface area (Å²) in [7, 11) is -3.82. The Hall–Kier alpha value is -3.45. The smallest absolute Gasteiger partial charge is 0.239 e. The van der Waals surface area contributed by atoms with Crippen LogP contribution in [0.2, 0.25) is 0 Å². The molecule has 0 fully saturated rings. The molecule has 4 aromatic rings. The van der Waals surface area contributed by atoms with Crippen molar-refractivity contribution in [2.24, 2.45) is 0 Å². The van der Waals surface area contributed by atoms with E-state index in [0.717, 1.165) is 12.8 Å². The average Bonchev–Trinajstić information content (AvgIpc) is 3.18. The number of benzene rings is 3. The number of aryl methyl sites for hydroxylation is 1. The Balaban J connectivity index is 1.47. The molecule has 0 radical (unpaired) electrons. The van der Waals surface area contributed by atoms with Gasteiger partial charge in [0.25, 0.3) is 0 Å². The molecule has 1 amide bonds. The molecule has 0 atom stereocenters. The molecule has 1 aromatic heterocycles. The van der Waals surface area contributed by atoms with Crippen LogP contribution in [0.15, 0.2) is 90.0 Å². The summed E-state index contributed by atoms with van der Waals surface area (Å²) in [6, 6.07) is 22.9. The van der Waals surface area contributed by atoms with Crippen LogP contribution in [0, 0.1) is 5.82 Å². The van der Waals surface area contributed by atoms with E-state index in [9.17, 15) is 17.6 Å². The molecule has 0 saturated carbocycles. The SMILES string of the molecule is O=C(Cn1cc(S(=O)(=O)Cc2ccccc2F)c2ccccc21)NCCCc1ccccc1. The van der Waals surface area contributed by atoms with Crippen molar-refractivity contribution in [2.75, 3.05) is 6.54 Å². The number of fused-ring (bicyclic) bond motifs is 1. The molecule has 1 heterocycles. The lowest BCUT2D eigenvalue weighted by molar-refractivity contribution is -0.121. The summed E-state index contributed by atoms with van der Waals surface area (Å²) in [6.07, 6.45) is 3.15. The number of aromatic nitrogens is 1. The molecule has 0 bridgehead atoms. The number of hydrogen-bond donors (Lipinski definition) is 1. The summed E-state index contributed by atoms with van der Waals surface area (Å²) in [5.74, 6) is -1.19. The standard InChI is InChI=1S/C26H25FN2O3S/c27-23-14-6-4-12-21(23)19-33(31,32)25-17-29(24-15-7-5-13-22(24)25)18-26(30)28-16-8-11-20-9-2-1-3-10-20/h1-7,9-10,12-15,17H,8,11,16,18-19H2,(H,28,30). The third-order valence-corrected chi connectivity index (χ3v) is 7.20. The Bertz CT molecular complexity index is 1360. The van der Waals surface area contributed by atoms with Gasteiger partial charge in [-0.25, -0.2) is 12.8 Å². The zero-order chi connectivity index (χ0) is 23.3. The number of amides is 1. The van der Waals surface area contributed by atoms with Gasteiger partial charge < -0.3 is 9.88 Å². The molecule has 170 valence electrons. The van der Waals surface area contributed by atoms with E-state index in [1.165, 1.54) is 30.0 Å². The summed E-state index contributed by atoms with van der Waals surface area (Å²) in [4.78, 5) is 12.6. The van der Waals surface area contributed by atoms with Crippen LogP contribution in [0.3, 0.4) is 0 Å². The lowest BCUT2D eigenvalue weighted by Crippen LogP contribution is -2.28. The molecule has 0 saturated heterocycles. The van der Waals surface area contributed by atoms with Gasteiger partial charge in [0.2, 0.25) is 5.91 Å². The maximum absolute atomic E-state index is 14.1. The maximum Gasteiger partial charge on any atom is 0.239 e. The highest BCUT2D eigenvalue weighted by atomic mass is 32.2. The first kappa shape index (κ1) is 22.7. The molecule has 0 spiro atoms. The van der Waals surface area contributed by atoms with Crippen molar-refractivity contribution in [3.63, 3.8) is 0 Å². The van der Waals surface area contributed by atoms with Crippen molar-refractivity contribution in [1.82, 2.24) is 9.88 Å². The number of rotatable bonds is 9. The average molecular weight is 465 g/mol. The molecule has 0 aliphatic heterocycles. The summed E-state index contributed by atoms with van der Waals surface area (Å²) < 4.78 is 42.0. The van der Waals surface area contributed by atoms with E-state index < -0.39 is 21.4 Å². The molecule has 0 aliphatic carbocycles. The Morgan fingerprint density at radius 3 is 2.39 bits per heavy atom. The van der Waals surface area contributed by atoms with Crippen LogP contribution in [0.5, 0.6) is 0 Å². The van der Waals surface area contributed by atoms with Gasteiger partial charge in [-0.05, 0) is 30.5 Å². The summed E-state index contributed by atoms with van der Waals surface area (Å²) in [5, 5.41) is 3.42. The largest absolute Gasteiger partial charge is 0.355 e. The van der Waals surface area contributed by atoms with Crippen molar-refractivity contribution in [1.29, 1.82) is 0 Å². The summed E-state index contributed by atoms with van der Waals surface area (Å²) in [6.45, 7) is 0.534. The van der Waals surface area contributed by atoms with Crippen LogP contribution >= 0.6 is 0 Å². The minimum Gasteiger partial charge on any atom is -0.355 e. The molecular weight excluding hydrogens is 439 g/mol. The predicted molar refractivity (Wildman–Crippen MR) is 127 cm³/mol. The zero-order valence-electron chi connectivity index (χ0n) is 18.1. The number of halogens is 1. The minimum absolute atomic E-state index is 0.00106. The fourth-order valence-electron chi connectivity index (χ4n) is 3.87. The van der Waals surface area contributed by atoms with E-state index in [4.69, 9.17) is 0 Å². The van der Waals surface area contributed by atoms with Gasteiger partial charge in [0.1, 0.15) is 12.4 Å². The zero-order valence-corrected chi connectivity index (χ0v) is 18.9. The Morgan fingerprint density at radius 2 is 1.61 bits per heavy atom. The Kier molecular flexibility index (Phi) is 6.89. The number of nitrogens with one attached hydrogen (secondary N) is 1. The fourth-order valence-corrected chi connectivity index (χ4v) is 5.46. The normalized spacial score (nSPS) is 11.5. The first-order valence-electron chi connectivity index (χ1n) is 10.8. The van der Waals surface area contributed by atoms with Crippen LogP contribution in [0.1, 0.15) is 17.5 Å². The topological polar surface area (TPSA) is 68.2 Å². The Labute approximate surface area is 192 Å². The van der Waals surface area contributed by atoms with E-state index in [1.807, 2.05) is 18.2 Å². The maximum atomic E-state index is 14.1. The van der Waals surface area contributed by atoms with Crippen molar-refractivity contribution in [2.45, 2.75) is 30.0 Å². The highest BCUT2D eigenvalue weighted by Crippen LogP contribution is 2.28. The van der Waals surface area contributed by atoms with Gasteiger partial charge in [-0.15, -0.1) is 0 Å². The van der Waals surface area contributed by atoms with Gasteiger partial charge in [-0.2, -0.15) is 0 Å². The lowest BCUT2D eigenvalue weighted by Gasteiger charge is -2.07. The van der Waals surface area contributed by atoms with Crippen LogP contribution in [-0.2, 0) is 33.4 Å². The van der Waals surface area contributed by atoms with Crippen LogP contribution in [0.25, 0.3) is 10.9 Å². The van der Waals surface area contributed by atoms with E-state index in [2.05, 4.69) is 17.4 Å². The molecule has 0 aliphatic rings. The van der Waals surface area contributed by atoms with E-state index in [1.54, 1.807) is 34.9 Å². The number of hydrogen-bond acceptors (Lipinski definition) is 3. The van der Waals surface area contributed by atoms with E-state index in [0.29, 0.717) is 17.4 Å². The number of carbonyl (C=O) groups excluding carboxylic acids is 1.